The molecular weight excluding hydrogens is 200 g/mol. The van der Waals surface area contributed by atoms with Gasteiger partial charge in [-0.05, 0) is 13.0 Å². The fourth-order valence-corrected chi connectivity index (χ4v) is 1.17. The van der Waals surface area contributed by atoms with Gasteiger partial charge in [0.2, 0.25) is 0 Å². The van der Waals surface area contributed by atoms with Crippen LogP contribution in [-0.4, -0.2) is 32.0 Å². The molecule has 5 heteroatoms. The Hall–Kier alpha value is -1.75. The maximum absolute atomic E-state index is 10.6. The van der Waals surface area contributed by atoms with E-state index in [1.54, 1.807) is 0 Å². The molecule has 0 aliphatic heterocycles. The van der Waals surface area contributed by atoms with E-state index in [9.17, 15) is 15.0 Å². The Morgan fingerprint density at radius 2 is 2.00 bits per heavy atom. The molecule has 82 valence electrons. The second kappa shape index (κ2) is 3.78. The van der Waals surface area contributed by atoms with Gasteiger partial charge in [-0.15, -0.1) is 0 Å². The predicted molar refractivity (Wildman–Crippen MR) is 51.7 cm³/mol. The lowest BCUT2D eigenvalue weighted by Crippen LogP contribution is -2.37. The lowest BCUT2D eigenvalue weighted by molar-refractivity contribution is -0.156. The molecule has 0 saturated heterocycles. The van der Waals surface area contributed by atoms with Crippen LogP contribution in [0.25, 0.3) is 0 Å². The van der Waals surface area contributed by atoms with Gasteiger partial charge in [-0.1, -0.05) is 12.1 Å². The smallest absolute Gasteiger partial charge is 0.335 e. The van der Waals surface area contributed by atoms with Gasteiger partial charge in [-0.2, -0.15) is 0 Å². The largest absolute Gasteiger partial charge is 0.504 e. The normalized spacial score (nSPS) is 14.5. The number of rotatable bonds is 3. The van der Waals surface area contributed by atoms with Crippen molar-refractivity contribution in [3.05, 3.63) is 23.8 Å². The Balaban J connectivity index is 3.00. The molecule has 1 atom stereocenters. The molecule has 0 heterocycles. The maximum Gasteiger partial charge on any atom is 0.335 e. The number of phenols is 2. The minimum Gasteiger partial charge on any atom is -0.504 e. The van der Waals surface area contributed by atoms with E-state index in [4.69, 9.17) is 10.2 Å². The number of aliphatic hydroxyl groups is 1. The van der Waals surface area contributed by atoms with Crippen molar-refractivity contribution in [3.8, 4) is 11.5 Å². The van der Waals surface area contributed by atoms with E-state index in [1.165, 1.54) is 18.2 Å². The molecule has 0 saturated carbocycles. The number of carboxylic acids is 1. The summed E-state index contributed by atoms with van der Waals surface area (Å²) in [6, 6.07) is 4.17. The Labute approximate surface area is 86.2 Å². The second-order valence-electron chi connectivity index (χ2n) is 3.54. The maximum atomic E-state index is 10.6. The van der Waals surface area contributed by atoms with Crippen LogP contribution in [-0.2, 0) is 11.2 Å². The molecule has 0 bridgehead atoms. The number of hydrogen-bond donors (Lipinski definition) is 4. The molecule has 1 aromatic carbocycles. The quantitative estimate of drug-likeness (QED) is 0.546. The van der Waals surface area contributed by atoms with Gasteiger partial charge in [0.25, 0.3) is 0 Å². The molecule has 0 fully saturated rings. The fraction of sp³-hybridized carbons (Fsp3) is 0.300. The topological polar surface area (TPSA) is 98.0 Å². The van der Waals surface area contributed by atoms with Crippen LogP contribution in [0, 0.1) is 0 Å². The molecule has 4 N–H and O–H groups in total. The average Bonchev–Trinajstić information content (AvgIpc) is 2.12. The summed E-state index contributed by atoms with van der Waals surface area (Å²) in [5.41, 5.74) is -1.78. The predicted octanol–water partition coefficient (Wildman–Crippen LogP) is 0.476. The summed E-state index contributed by atoms with van der Waals surface area (Å²) in [4.78, 5) is 10.6. The number of aromatic hydroxyl groups is 2. The summed E-state index contributed by atoms with van der Waals surface area (Å²) in [6.45, 7) is 1.12. The van der Waals surface area contributed by atoms with Gasteiger partial charge in [-0.3, -0.25) is 0 Å². The van der Waals surface area contributed by atoms with Gasteiger partial charge in [0, 0.05) is 12.0 Å². The highest BCUT2D eigenvalue weighted by molar-refractivity contribution is 5.77. The summed E-state index contributed by atoms with van der Waals surface area (Å²) in [5.74, 6) is -2.13. The molecule has 1 rings (SSSR count). The number of carbonyl (C=O) groups is 1. The van der Waals surface area contributed by atoms with E-state index in [1.807, 2.05) is 0 Å². The molecule has 0 aromatic heterocycles. The monoisotopic (exact) mass is 212 g/mol. The van der Waals surface area contributed by atoms with Crippen LogP contribution in [0.4, 0.5) is 0 Å². The Morgan fingerprint density at radius 1 is 1.40 bits per heavy atom. The van der Waals surface area contributed by atoms with Crippen LogP contribution in [0.15, 0.2) is 18.2 Å². The SMILES string of the molecule is CC(O)(Cc1cccc(O)c1O)C(=O)O. The molecule has 0 spiro atoms. The van der Waals surface area contributed by atoms with Gasteiger partial charge in [0.1, 0.15) is 0 Å². The van der Waals surface area contributed by atoms with Crippen molar-refractivity contribution in [2.24, 2.45) is 0 Å². The summed E-state index contributed by atoms with van der Waals surface area (Å²) < 4.78 is 0. The zero-order valence-corrected chi connectivity index (χ0v) is 8.14. The van der Waals surface area contributed by atoms with Crippen LogP contribution >= 0.6 is 0 Å². The van der Waals surface area contributed by atoms with Gasteiger partial charge in [-0.25, -0.2) is 4.79 Å². The van der Waals surface area contributed by atoms with Crippen LogP contribution in [0.3, 0.4) is 0 Å². The van der Waals surface area contributed by atoms with E-state index >= 15 is 0 Å². The van der Waals surface area contributed by atoms with Crippen molar-refractivity contribution in [3.63, 3.8) is 0 Å². The summed E-state index contributed by atoms with van der Waals surface area (Å²) in [5, 5.41) is 36.7. The van der Waals surface area contributed by atoms with E-state index in [0.29, 0.717) is 0 Å². The van der Waals surface area contributed by atoms with E-state index in [2.05, 4.69) is 0 Å². The average molecular weight is 212 g/mol. The van der Waals surface area contributed by atoms with E-state index in [-0.39, 0.29) is 17.7 Å². The minimum atomic E-state index is -1.97. The number of benzene rings is 1. The zero-order valence-electron chi connectivity index (χ0n) is 8.14. The van der Waals surface area contributed by atoms with Crippen molar-refractivity contribution in [2.45, 2.75) is 18.9 Å². The van der Waals surface area contributed by atoms with Crippen LogP contribution in [0.5, 0.6) is 11.5 Å². The molecular formula is C10H12O5. The van der Waals surface area contributed by atoms with Crippen LogP contribution in [0.1, 0.15) is 12.5 Å². The second-order valence-corrected chi connectivity index (χ2v) is 3.54. The first-order valence-electron chi connectivity index (χ1n) is 4.30. The third-order valence-electron chi connectivity index (χ3n) is 2.09. The van der Waals surface area contributed by atoms with E-state index < -0.39 is 17.3 Å². The molecule has 0 aliphatic carbocycles. The molecule has 0 radical (unpaired) electrons. The van der Waals surface area contributed by atoms with Crippen molar-refractivity contribution in [2.75, 3.05) is 0 Å². The van der Waals surface area contributed by atoms with Gasteiger partial charge in [0.15, 0.2) is 17.1 Å². The molecule has 0 aliphatic rings. The van der Waals surface area contributed by atoms with E-state index in [0.717, 1.165) is 6.92 Å². The van der Waals surface area contributed by atoms with Gasteiger partial charge >= 0.3 is 5.97 Å². The molecule has 1 aromatic rings. The first-order valence-corrected chi connectivity index (χ1v) is 4.30. The fourth-order valence-electron chi connectivity index (χ4n) is 1.17. The lowest BCUT2D eigenvalue weighted by atomic mass is 9.96. The summed E-state index contributed by atoms with van der Waals surface area (Å²) >= 11 is 0. The third-order valence-corrected chi connectivity index (χ3v) is 2.09. The molecule has 0 amide bonds. The number of hydrogen-bond acceptors (Lipinski definition) is 4. The Morgan fingerprint density at radius 3 is 2.53 bits per heavy atom. The first kappa shape index (κ1) is 11.3. The van der Waals surface area contributed by atoms with Gasteiger partial charge < -0.3 is 20.4 Å². The van der Waals surface area contributed by atoms with Crippen molar-refractivity contribution in [1.29, 1.82) is 0 Å². The third kappa shape index (κ3) is 2.38. The summed E-state index contributed by atoms with van der Waals surface area (Å²) in [7, 11) is 0. The van der Waals surface area contributed by atoms with Crippen molar-refractivity contribution in [1.82, 2.24) is 0 Å². The summed E-state index contributed by atoms with van der Waals surface area (Å²) in [6.07, 6.45) is -0.275. The Kier molecular flexibility index (Phi) is 2.85. The van der Waals surface area contributed by atoms with Gasteiger partial charge in [0.05, 0.1) is 0 Å². The molecule has 5 nitrogen and oxygen atoms in total. The first-order chi connectivity index (χ1) is 6.84. The van der Waals surface area contributed by atoms with Crippen LogP contribution in [0.2, 0.25) is 0 Å². The molecule has 15 heavy (non-hydrogen) atoms. The van der Waals surface area contributed by atoms with Crippen molar-refractivity contribution < 1.29 is 25.2 Å². The lowest BCUT2D eigenvalue weighted by Gasteiger charge is -2.18. The standard InChI is InChI=1S/C10H12O5/c1-10(15,9(13)14)5-6-3-2-4-7(11)8(6)12/h2-4,11-12,15H,5H2,1H3,(H,13,14). The minimum absolute atomic E-state index is 0.183. The highest BCUT2D eigenvalue weighted by Gasteiger charge is 2.31. The highest BCUT2D eigenvalue weighted by Crippen LogP contribution is 2.30. The molecule has 1 unspecified atom stereocenters. The van der Waals surface area contributed by atoms with Crippen LogP contribution < -0.4 is 0 Å². The number of aliphatic carboxylic acids is 1. The number of carboxylic acid groups (broad SMARTS) is 1. The zero-order chi connectivity index (χ0) is 11.6. The Bertz CT molecular complexity index is 383. The van der Waals surface area contributed by atoms with Crippen molar-refractivity contribution >= 4 is 5.97 Å². The highest BCUT2D eigenvalue weighted by atomic mass is 16.4. The number of phenolic OH excluding ortho intramolecular Hbond substituents is 2. The number of para-hydroxylation sites is 1.